The van der Waals surface area contributed by atoms with Gasteiger partial charge in [-0.25, -0.2) is 0 Å². The Labute approximate surface area is 148 Å². The van der Waals surface area contributed by atoms with Crippen molar-refractivity contribution in [2.24, 2.45) is 0 Å². The molecule has 0 bridgehead atoms. The van der Waals surface area contributed by atoms with Gasteiger partial charge in [0.1, 0.15) is 5.76 Å². The van der Waals surface area contributed by atoms with E-state index in [-0.39, 0.29) is 12.5 Å². The second-order valence-electron chi connectivity index (χ2n) is 6.59. The van der Waals surface area contributed by atoms with Crippen molar-refractivity contribution in [3.63, 3.8) is 0 Å². The Kier molecular flexibility index (Phi) is 6.25. The van der Waals surface area contributed by atoms with Gasteiger partial charge in [-0.2, -0.15) is 0 Å². The van der Waals surface area contributed by atoms with Crippen molar-refractivity contribution in [3.05, 3.63) is 59.5 Å². The van der Waals surface area contributed by atoms with Crippen molar-refractivity contribution in [1.82, 2.24) is 10.2 Å². The van der Waals surface area contributed by atoms with Crippen LogP contribution < -0.4 is 5.32 Å². The molecule has 5 heteroatoms. The van der Waals surface area contributed by atoms with E-state index in [4.69, 9.17) is 4.42 Å². The smallest absolute Gasteiger partial charge is 0.251 e. The van der Waals surface area contributed by atoms with Gasteiger partial charge in [0.25, 0.3) is 5.91 Å². The van der Waals surface area contributed by atoms with E-state index in [1.54, 1.807) is 6.26 Å². The minimum atomic E-state index is -0.0937. The van der Waals surface area contributed by atoms with Crippen LogP contribution in [-0.4, -0.2) is 35.1 Å². The van der Waals surface area contributed by atoms with Crippen LogP contribution in [0, 0.1) is 0 Å². The van der Waals surface area contributed by atoms with Crippen LogP contribution in [0.4, 0.5) is 0 Å². The molecule has 25 heavy (non-hydrogen) atoms. The number of amides is 1. The lowest BCUT2D eigenvalue weighted by molar-refractivity contribution is 0.0947. The summed E-state index contributed by atoms with van der Waals surface area (Å²) in [6.07, 6.45) is 6.00. The number of furan rings is 1. The number of hydrogen-bond donors (Lipinski definition) is 2. The predicted molar refractivity (Wildman–Crippen MR) is 96.1 cm³/mol. The van der Waals surface area contributed by atoms with E-state index < -0.39 is 0 Å². The second kappa shape index (κ2) is 8.83. The van der Waals surface area contributed by atoms with E-state index in [0.717, 1.165) is 37.3 Å². The van der Waals surface area contributed by atoms with Crippen LogP contribution in [-0.2, 0) is 13.1 Å². The summed E-state index contributed by atoms with van der Waals surface area (Å²) >= 11 is 0. The standard InChI is InChI=1S/C20H26N2O3/c23-11-9-18-7-1-2-10-22(18)15-16-5-3-6-17(13-16)20(24)21-14-19-8-4-12-25-19/h3-6,8,12-13,18,23H,1-2,7,9-11,14-15H2,(H,21,24)/t18-/m0/s1. The highest BCUT2D eigenvalue weighted by Gasteiger charge is 2.22. The van der Waals surface area contributed by atoms with Gasteiger partial charge in [0, 0.05) is 24.8 Å². The Morgan fingerprint density at radius 3 is 3.00 bits per heavy atom. The molecule has 0 spiro atoms. The van der Waals surface area contributed by atoms with Crippen molar-refractivity contribution in [2.45, 2.75) is 44.8 Å². The van der Waals surface area contributed by atoms with E-state index in [9.17, 15) is 9.90 Å². The van der Waals surface area contributed by atoms with E-state index in [1.807, 2.05) is 30.3 Å². The highest BCUT2D eigenvalue weighted by Crippen LogP contribution is 2.22. The zero-order chi connectivity index (χ0) is 17.5. The highest BCUT2D eigenvalue weighted by molar-refractivity contribution is 5.94. The molecular weight excluding hydrogens is 316 g/mol. The first kappa shape index (κ1) is 17.7. The third kappa shape index (κ3) is 4.94. The van der Waals surface area contributed by atoms with Crippen molar-refractivity contribution in [1.29, 1.82) is 0 Å². The van der Waals surface area contributed by atoms with Gasteiger partial charge in [0.2, 0.25) is 0 Å². The van der Waals surface area contributed by atoms with Crippen LogP contribution in [0.3, 0.4) is 0 Å². The van der Waals surface area contributed by atoms with E-state index in [1.165, 1.54) is 12.8 Å². The lowest BCUT2D eigenvalue weighted by atomic mass is 9.98. The number of carbonyl (C=O) groups excluding carboxylic acids is 1. The lowest BCUT2D eigenvalue weighted by Gasteiger charge is -2.35. The molecule has 2 heterocycles. The summed E-state index contributed by atoms with van der Waals surface area (Å²) in [5, 5.41) is 12.2. The Morgan fingerprint density at radius 2 is 2.20 bits per heavy atom. The minimum Gasteiger partial charge on any atom is -0.467 e. The fraction of sp³-hybridized carbons (Fsp3) is 0.450. The molecule has 0 saturated carbocycles. The summed E-state index contributed by atoms with van der Waals surface area (Å²) in [6, 6.07) is 11.9. The molecule has 1 saturated heterocycles. The number of hydrogen-bond acceptors (Lipinski definition) is 4. The molecule has 1 aromatic heterocycles. The normalized spacial score (nSPS) is 18.2. The Balaban J connectivity index is 1.61. The molecular formula is C20H26N2O3. The van der Waals surface area contributed by atoms with Crippen molar-refractivity contribution in [3.8, 4) is 0 Å². The molecule has 1 aromatic carbocycles. The van der Waals surface area contributed by atoms with Crippen LogP contribution in [0.1, 0.15) is 47.4 Å². The molecule has 134 valence electrons. The number of nitrogens with one attached hydrogen (secondary N) is 1. The van der Waals surface area contributed by atoms with Crippen LogP contribution >= 0.6 is 0 Å². The van der Waals surface area contributed by atoms with Crippen LogP contribution in [0.25, 0.3) is 0 Å². The molecule has 5 nitrogen and oxygen atoms in total. The summed E-state index contributed by atoms with van der Waals surface area (Å²) in [6.45, 7) is 2.50. The van der Waals surface area contributed by atoms with Crippen molar-refractivity contribution < 1.29 is 14.3 Å². The maximum absolute atomic E-state index is 12.4. The van der Waals surface area contributed by atoms with E-state index >= 15 is 0 Å². The molecule has 0 unspecified atom stereocenters. The first-order valence-electron chi connectivity index (χ1n) is 9.00. The molecule has 3 rings (SSSR count). The van der Waals surface area contributed by atoms with Crippen LogP contribution in [0.15, 0.2) is 47.1 Å². The SMILES string of the molecule is O=C(NCc1ccco1)c1cccc(CN2CCCC[C@H]2CCO)c1. The molecule has 0 aliphatic carbocycles. The first-order valence-corrected chi connectivity index (χ1v) is 9.00. The Hall–Kier alpha value is -2.11. The molecule has 1 aliphatic rings. The third-order valence-electron chi connectivity index (χ3n) is 4.79. The molecule has 2 N–H and O–H groups in total. The fourth-order valence-corrected chi connectivity index (χ4v) is 3.47. The number of nitrogens with zero attached hydrogens (tertiary/aromatic N) is 1. The number of benzene rings is 1. The molecule has 1 atom stereocenters. The fourth-order valence-electron chi connectivity index (χ4n) is 3.47. The van der Waals surface area contributed by atoms with Gasteiger partial charge in [0.05, 0.1) is 12.8 Å². The minimum absolute atomic E-state index is 0.0937. The van der Waals surface area contributed by atoms with Gasteiger partial charge in [-0.1, -0.05) is 18.6 Å². The van der Waals surface area contributed by atoms with E-state index in [0.29, 0.717) is 18.2 Å². The summed E-state index contributed by atoms with van der Waals surface area (Å²) in [5.41, 5.74) is 1.80. The summed E-state index contributed by atoms with van der Waals surface area (Å²) in [7, 11) is 0. The number of aliphatic hydroxyl groups excluding tert-OH is 1. The molecule has 2 aromatic rings. The average molecular weight is 342 g/mol. The average Bonchev–Trinajstić information content (AvgIpc) is 3.15. The zero-order valence-corrected chi connectivity index (χ0v) is 14.5. The number of piperidine rings is 1. The van der Waals surface area contributed by atoms with Crippen molar-refractivity contribution >= 4 is 5.91 Å². The highest BCUT2D eigenvalue weighted by atomic mass is 16.3. The van der Waals surface area contributed by atoms with Crippen molar-refractivity contribution in [2.75, 3.05) is 13.2 Å². The van der Waals surface area contributed by atoms with Gasteiger partial charge < -0.3 is 14.8 Å². The zero-order valence-electron chi connectivity index (χ0n) is 14.5. The summed E-state index contributed by atoms with van der Waals surface area (Å²) in [4.78, 5) is 14.8. The Morgan fingerprint density at radius 1 is 1.28 bits per heavy atom. The van der Waals surface area contributed by atoms with Gasteiger partial charge in [-0.05, 0) is 55.6 Å². The molecule has 1 aliphatic heterocycles. The maximum atomic E-state index is 12.4. The quantitative estimate of drug-likeness (QED) is 0.812. The topological polar surface area (TPSA) is 65.7 Å². The number of likely N-dealkylation sites (tertiary alicyclic amines) is 1. The predicted octanol–water partition coefficient (Wildman–Crippen LogP) is 2.95. The van der Waals surface area contributed by atoms with Gasteiger partial charge in [0.15, 0.2) is 0 Å². The van der Waals surface area contributed by atoms with Gasteiger partial charge in [-0.3, -0.25) is 9.69 Å². The summed E-state index contributed by atoms with van der Waals surface area (Å²) in [5.74, 6) is 0.647. The monoisotopic (exact) mass is 342 g/mol. The van der Waals surface area contributed by atoms with Gasteiger partial charge >= 0.3 is 0 Å². The number of aliphatic hydroxyl groups is 1. The lowest BCUT2D eigenvalue weighted by Crippen LogP contribution is -2.39. The largest absolute Gasteiger partial charge is 0.467 e. The molecule has 1 fully saturated rings. The van der Waals surface area contributed by atoms with Crippen LogP contribution in [0.5, 0.6) is 0 Å². The number of carbonyl (C=O) groups is 1. The van der Waals surface area contributed by atoms with Crippen LogP contribution in [0.2, 0.25) is 0 Å². The molecule has 1 amide bonds. The number of rotatable bonds is 7. The maximum Gasteiger partial charge on any atom is 0.251 e. The first-order chi connectivity index (χ1) is 12.3. The van der Waals surface area contributed by atoms with E-state index in [2.05, 4.69) is 16.3 Å². The second-order valence-corrected chi connectivity index (χ2v) is 6.59. The summed E-state index contributed by atoms with van der Waals surface area (Å²) < 4.78 is 5.24. The molecule has 0 radical (unpaired) electrons. The Bertz CT molecular complexity index is 667. The third-order valence-corrected chi connectivity index (χ3v) is 4.79. The van der Waals surface area contributed by atoms with Gasteiger partial charge in [-0.15, -0.1) is 0 Å².